The van der Waals surface area contributed by atoms with Crippen molar-refractivity contribution in [3.05, 3.63) is 35.9 Å². The molecule has 3 aliphatic heterocycles. The van der Waals surface area contributed by atoms with Gasteiger partial charge in [-0.05, 0) is 31.4 Å². The molecule has 136 valence electrons. The topological polar surface area (TPSA) is 68.4 Å². The molecule has 4 N–H and O–H groups in total. The predicted molar refractivity (Wildman–Crippen MR) is 101 cm³/mol. The molecule has 3 aliphatic rings. The second kappa shape index (κ2) is 8.05. The van der Waals surface area contributed by atoms with Crippen molar-refractivity contribution >= 4 is 17.7 Å². The van der Waals surface area contributed by atoms with Crippen molar-refractivity contribution in [3.8, 4) is 0 Å². The van der Waals surface area contributed by atoms with Gasteiger partial charge in [-0.25, -0.2) is 10.9 Å². The molecule has 0 aliphatic carbocycles. The summed E-state index contributed by atoms with van der Waals surface area (Å²) >= 11 is 1.82. The van der Waals surface area contributed by atoms with Gasteiger partial charge in [-0.1, -0.05) is 30.3 Å². The SMILES string of the molecule is O=C(NCCSC1CNNN1)[C@@H]1C[C@H](c2ccccc2)N2CCC[C@@H]12. The molecule has 25 heavy (non-hydrogen) atoms. The van der Waals surface area contributed by atoms with Gasteiger partial charge in [0.25, 0.3) is 0 Å². The van der Waals surface area contributed by atoms with Crippen LogP contribution in [0.4, 0.5) is 0 Å². The maximum absolute atomic E-state index is 12.8. The van der Waals surface area contributed by atoms with Crippen molar-refractivity contribution in [2.24, 2.45) is 5.92 Å². The third kappa shape index (κ3) is 3.85. The molecular weight excluding hydrogens is 334 g/mol. The number of thioether (sulfide) groups is 1. The first-order chi connectivity index (χ1) is 12.3. The Morgan fingerprint density at radius 3 is 3.00 bits per heavy atom. The quantitative estimate of drug-likeness (QED) is 0.567. The Balaban J connectivity index is 1.31. The number of rotatable bonds is 6. The average Bonchev–Trinajstić information content (AvgIpc) is 3.36. The Morgan fingerprint density at radius 2 is 2.20 bits per heavy atom. The van der Waals surface area contributed by atoms with Crippen molar-refractivity contribution in [1.29, 1.82) is 0 Å². The molecule has 1 unspecified atom stereocenters. The van der Waals surface area contributed by atoms with Gasteiger partial charge < -0.3 is 5.32 Å². The smallest absolute Gasteiger partial charge is 0.224 e. The lowest BCUT2D eigenvalue weighted by Crippen LogP contribution is -2.38. The number of nitrogens with zero attached hydrogens (tertiary/aromatic N) is 1. The van der Waals surface area contributed by atoms with E-state index in [1.807, 2.05) is 11.8 Å². The fraction of sp³-hybridized carbons (Fsp3) is 0.611. The fourth-order valence-corrected chi connectivity index (χ4v) is 5.23. The van der Waals surface area contributed by atoms with Crippen LogP contribution in [0.2, 0.25) is 0 Å². The number of hydrazine groups is 2. The highest BCUT2D eigenvalue weighted by Crippen LogP contribution is 2.44. The number of benzene rings is 1. The Labute approximate surface area is 153 Å². The molecule has 0 aromatic heterocycles. The molecule has 0 radical (unpaired) electrons. The van der Waals surface area contributed by atoms with Gasteiger partial charge in [0, 0.05) is 30.9 Å². The summed E-state index contributed by atoms with van der Waals surface area (Å²) in [7, 11) is 0. The molecule has 4 rings (SSSR count). The van der Waals surface area contributed by atoms with Crippen LogP contribution in [0.1, 0.15) is 30.9 Å². The minimum atomic E-state index is 0.130. The zero-order chi connectivity index (χ0) is 17.1. The normalized spacial score (nSPS) is 32.0. The highest BCUT2D eigenvalue weighted by atomic mass is 32.2. The Kier molecular flexibility index (Phi) is 5.57. The molecule has 0 bridgehead atoms. The van der Waals surface area contributed by atoms with E-state index < -0.39 is 0 Å². The summed E-state index contributed by atoms with van der Waals surface area (Å²) in [5, 5.41) is 3.55. The average molecular weight is 362 g/mol. The van der Waals surface area contributed by atoms with Crippen molar-refractivity contribution in [3.63, 3.8) is 0 Å². The lowest BCUT2D eigenvalue weighted by molar-refractivity contribution is -0.125. The number of carbonyl (C=O) groups excluding carboxylic acids is 1. The monoisotopic (exact) mass is 361 g/mol. The van der Waals surface area contributed by atoms with Crippen molar-refractivity contribution in [2.45, 2.75) is 36.7 Å². The van der Waals surface area contributed by atoms with Crippen LogP contribution in [-0.2, 0) is 4.79 Å². The highest BCUT2D eigenvalue weighted by Gasteiger charge is 2.46. The maximum Gasteiger partial charge on any atom is 0.224 e. The summed E-state index contributed by atoms with van der Waals surface area (Å²) in [6.45, 7) is 2.76. The molecule has 7 heteroatoms. The molecule has 0 saturated carbocycles. The second-order valence-corrected chi connectivity index (χ2v) is 8.33. The molecule has 6 nitrogen and oxygen atoms in total. The van der Waals surface area contributed by atoms with E-state index in [4.69, 9.17) is 0 Å². The molecule has 4 atom stereocenters. The van der Waals surface area contributed by atoms with E-state index in [1.54, 1.807) is 0 Å². The van der Waals surface area contributed by atoms with Crippen LogP contribution in [0.3, 0.4) is 0 Å². The van der Waals surface area contributed by atoms with Crippen LogP contribution in [0.5, 0.6) is 0 Å². The Hall–Kier alpha value is -1.12. The van der Waals surface area contributed by atoms with Gasteiger partial charge >= 0.3 is 0 Å². The van der Waals surface area contributed by atoms with E-state index in [0.29, 0.717) is 17.5 Å². The van der Waals surface area contributed by atoms with E-state index in [9.17, 15) is 4.79 Å². The van der Waals surface area contributed by atoms with Crippen LogP contribution in [-0.4, -0.2) is 47.6 Å². The first-order valence-electron chi connectivity index (χ1n) is 9.26. The van der Waals surface area contributed by atoms with E-state index in [2.05, 4.69) is 56.9 Å². The van der Waals surface area contributed by atoms with Crippen LogP contribution < -0.4 is 21.7 Å². The van der Waals surface area contributed by atoms with Crippen molar-refractivity contribution < 1.29 is 4.79 Å². The van der Waals surface area contributed by atoms with E-state index in [1.165, 1.54) is 12.0 Å². The first-order valence-corrected chi connectivity index (χ1v) is 10.3. The van der Waals surface area contributed by atoms with E-state index in [0.717, 1.165) is 38.2 Å². The first kappa shape index (κ1) is 17.3. The highest BCUT2D eigenvalue weighted by molar-refractivity contribution is 7.99. The minimum absolute atomic E-state index is 0.130. The molecule has 0 spiro atoms. The summed E-state index contributed by atoms with van der Waals surface area (Å²) in [5.74, 6) is 1.30. The number of fused-ring (bicyclic) bond motifs is 1. The maximum atomic E-state index is 12.8. The van der Waals surface area contributed by atoms with Gasteiger partial charge in [-0.2, -0.15) is 5.53 Å². The number of hydrogen-bond donors (Lipinski definition) is 4. The molecule has 1 aromatic carbocycles. The molecule has 3 saturated heterocycles. The van der Waals surface area contributed by atoms with Gasteiger partial charge in [0.15, 0.2) is 0 Å². The number of amides is 1. The summed E-state index contributed by atoms with van der Waals surface area (Å²) in [6, 6.07) is 11.5. The zero-order valence-corrected chi connectivity index (χ0v) is 15.2. The van der Waals surface area contributed by atoms with Crippen LogP contribution in [0.25, 0.3) is 0 Å². The van der Waals surface area contributed by atoms with Gasteiger partial charge in [0.2, 0.25) is 5.91 Å². The van der Waals surface area contributed by atoms with Gasteiger partial charge in [0.1, 0.15) is 0 Å². The van der Waals surface area contributed by atoms with Gasteiger partial charge in [-0.15, -0.1) is 11.8 Å². The number of carbonyl (C=O) groups is 1. The molecular formula is C18H27N5OS. The lowest BCUT2D eigenvalue weighted by atomic mass is 9.93. The summed E-state index contributed by atoms with van der Waals surface area (Å²) in [5.41, 5.74) is 10.4. The molecule has 1 aromatic rings. The van der Waals surface area contributed by atoms with Crippen molar-refractivity contribution in [2.75, 3.05) is 25.4 Å². The summed E-state index contributed by atoms with van der Waals surface area (Å²) in [4.78, 5) is 15.3. The predicted octanol–water partition coefficient (Wildman–Crippen LogP) is 1.000. The largest absolute Gasteiger partial charge is 0.355 e. The number of hydrogen-bond acceptors (Lipinski definition) is 6. The molecule has 3 fully saturated rings. The van der Waals surface area contributed by atoms with Crippen LogP contribution in [0.15, 0.2) is 30.3 Å². The van der Waals surface area contributed by atoms with E-state index >= 15 is 0 Å². The zero-order valence-electron chi connectivity index (χ0n) is 14.4. The second-order valence-electron chi connectivity index (χ2n) is 7.02. The Bertz CT molecular complexity index is 580. The third-order valence-electron chi connectivity index (χ3n) is 5.53. The fourth-order valence-electron chi connectivity index (χ4n) is 4.38. The third-order valence-corrected chi connectivity index (χ3v) is 6.66. The van der Waals surface area contributed by atoms with Crippen molar-refractivity contribution in [1.82, 2.24) is 26.6 Å². The van der Waals surface area contributed by atoms with E-state index in [-0.39, 0.29) is 11.8 Å². The Morgan fingerprint density at radius 1 is 1.32 bits per heavy atom. The summed E-state index contributed by atoms with van der Waals surface area (Å²) in [6.07, 6.45) is 3.31. The van der Waals surface area contributed by atoms with Gasteiger partial charge in [-0.3, -0.25) is 9.69 Å². The minimum Gasteiger partial charge on any atom is -0.355 e. The summed E-state index contributed by atoms with van der Waals surface area (Å²) < 4.78 is 0. The molecule has 1 amide bonds. The van der Waals surface area contributed by atoms with Crippen LogP contribution in [0, 0.1) is 5.92 Å². The van der Waals surface area contributed by atoms with Gasteiger partial charge in [0.05, 0.1) is 11.3 Å². The lowest BCUT2D eigenvalue weighted by Gasteiger charge is -2.24. The molecule has 3 heterocycles. The van der Waals surface area contributed by atoms with Crippen LogP contribution >= 0.6 is 11.8 Å². The standard InChI is InChI=1S/C18H27N5OS/c24-18(19-8-10-25-17-12-20-22-21-17)14-11-16(13-5-2-1-3-6-13)23-9-4-7-15(14)23/h1-3,5-6,14-17,20-22H,4,7-12H2,(H,19,24)/t14-,15+,16-,17?/m1/s1. The number of nitrogens with one attached hydrogen (secondary N) is 4.